The molecule has 2 amide bonds. The minimum Gasteiger partial charge on any atom is -0.397 e. The average Bonchev–Trinajstić information content (AvgIpc) is 3.78. The fraction of sp³-hybridized carbons (Fsp3) is 0.279. The third-order valence-corrected chi connectivity index (χ3v) is 10.5. The highest BCUT2D eigenvalue weighted by molar-refractivity contribution is 7.59. The first-order chi connectivity index (χ1) is 27.2. The molecule has 0 spiro atoms. The van der Waals surface area contributed by atoms with Gasteiger partial charge in [0.2, 0.25) is 0 Å². The van der Waals surface area contributed by atoms with E-state index < -0.39 is 0 Å². The second-order valence-electron chi connectivity index (χ2n) is 14.7. The molecule has 0 aliphatic carbocycles. The van der Waals surface area contributed by atoms with Crippen LogP contribution < -0.4 is 31.1 Å². The van der Waals surface area contributed by atoms with E-state index in [1.54, 1.807) is 43.1 Å². The molecule has 4 aliphatic heterocycles. The molecule has 0 aromatic carbocycles. The van der Waals surface area contributed by atoms with Crippen molar-refractivity contribution < 1.29 is 4.79 Å². The van der Waals surface area contributed by atoms with Gasteiger partial charge >= 0.3 is 6.03 Å². The zero-order valence-electron chi connectivity index (χ0n) is 33.1. The van der Waals surface area contributed by atoms with Crippen LogP contribution in [-0.2, 0) is 0 Å². The predicted octanol–water partition coefficient (Wildman–Crippen LogP) is 7.44. The van der Waals surface area contributed by atoms with E-state index in [0.29, 0.717) is 17.4 Å². The van der Waals surface area contributed by atoms with Crippen LogP contribution in [0.5, 0.6) is 0 Å². The summed E-state index contributed by atoms with van der Waals surface area (Å²) in [6, 6.07) is 20.1. The second kappa shape index (κ2) is 18.1. The van der Waals surface area contributed by atoms with Gasteiger partial charge in [-0.05, 0) is 112 Å². The largest absolute Gasteiger partial charge is 0.397 e. The third-order valence-electron chi connectivity index (χ3n) is 10.5. The van der Waals surface area contributed by atoms with Crippen LogP contribution in [0.2, 0.25) is 0 Å². The van der Waals surface area contributed by atoms with Crippen LogP contribution in [-0.4, -0.2) is 74.2 Å². The molecular formula is C43H50N12OS2. The summed E-state index contributed by atoms with van der Waals surface area (Å²) in [6.45, 7) is 12.3. The second-order valence-corrected chi connectivity index (χ2v) is 14.7. The van der Waals surface area contributed by atoms with Crippen LogP contribution in [0.1, 0.15) is 35.4 Å². The maximum absolute atomic E-state index is 13.2. The van der Waals surface area contributed by atoms with Gasteiger partial charge in [0.05, 0.1) is 46.4 Å². The monoisotopic (exact) mass is 814 g/mol. The molecule has 0 radical (unpaired) electrons. The average molecular weight is 815 g/mol. The van der Waals surface area contributed by atoms with Crippen LogP contribution in [0.25, 0.3) is 22.5 Å². The molecule has 0 unspecified atom stereocenters. The van der Waals surface area contributed by atoms with Gasteiger partial charge in [-0.2, -0.15) is 27.0 Å². The zero-order chi connectivity index (χ0) is 38.8. The van der Waals surface area contributed by atoms with Gasteiger partial charge in [0.25, 0.3) is 0 Å². The van der Waals surface area contributed by atoms with E-state index in [-0.39, 0.29) is 39.1 Å². The van der Waals surface area contributed by atoms with Gasteiger partial charge in [0.1, 0.15) is 0 Å². The molecular weight excluding hydrogens is 765 g/mol. The van der Waals surface area contributed by atoms with Crippen molar-refractivity contribution in [3.8, 4) is 22.5 Å². The summed E-state index contributed by atoms with van der Waals surface area (Å²) in [7, 11) is 0. The number of amides is 2. The Morgan fingerprint density at radius 1 is 0.741 bits per heavy atom. The lowest BCUT2D eigenvalue weighted by atomic mass is 10.1. The first-order valence-corrected chi connectivity index (χ1v) is 19.0. The third kappa shape index (κ3) is 8.95. The molecule has 58 heavy (non-hydrogen) atoms. The molecule has 6 aromatic heterocycles. The number of urea groups is 1. The Kier molecular flexibility index (Phi) is 13.0. The number of nitrogens with two attached hydrogens (primary N) is 1. The van der Waals surface area contributed by atoms with Crippen LogP contribution in [0.3, 0.4) is 0 Å². The van der Waals surface area contributed by atoms with Crippen LogP contribution in [0.4, 0.5) is 39.2 Å². The number of nitrogens with one attached hydrogen (secondary N) is 2. The molecule has 0 saturated carbocycles. The molecule has 2 atom stereocenters. The summed E-state index contributed by atoms with van der Waals surface area (Å²) >= 11 is 0. The van der Waals surface area contributed by atoms with Gasteiger partial charge in [0.15, 0.2) is 11.6 Å². The molecule has 300 valence electrons. The van der Waals surface area contributed by atoms with E-state index in [9.17, 15) is 4.79 Å². The van der Waals surface area contributed by atoms with Crippen molar-refractivity contribution in [3.63, 3.8) is 0 Å². The number of aromatic nitrogens is 6. The number of fused-ring (bicyclic) bond motifs is 8. The van der Waals surface area contributed by atoms with Gasteiger partial charge in [-0.1, -0.05) is 0 Å². The predicted molar refractivity (Wildman–Crippen MR) is 244 cm³/mol. The number of carbonyl (C=O) groups excluding carboxylic acids is 1. The van der Waals surface area contributed by atoms with Gasteiger partial charge in [-0.25, -0.2) is 14.8 Å². The normalized spacial score (nSPS) is 16.4. The first kappa shape index (κ1) is 41.7. The molecule has 4 aliphatic rings. The number of carbonyl (C=O) groups is 1. The molecule has 4 bridgehead atoms. The Morgan fingerprint density at radius 3 is 1.97 bits per heavy atom. The van der Waals surface area contributed by atoms with Gasteiger partial charge in [-0.15, -0.1) is 0 Å². The van der Waals surface area contributed by atoms with E-state index in [1.165, 1.54) is 17.7 Å². The number of hydrogen-bond donors (Lipinski definition) is 3. The van der Waals surface area contributed by atoms with E-state index >= 15 is 0 Å². The molecule has 10 rings (SSSR count). The topological polar surface area (TPSA) is 154 Å². The fourth-order valence-electron chi connectivity index (χ4n) is 7.94. The summed E-state index contributed by atoms with van der Waals surface area (Å²) in [6.07, 6.45) is 12.4. The number of pyridine rings is 6. The smallest absolute Gasteiger partial charge is 0.327 e. The van der Waals surface area contributed by atoms with Gasteiger partial charge < -0.3 is 26.2 Å². The standard InChI is InChI=1S/C22H22N6O.C16H18N4.C5H6N2.2H2S/c1-14-10-19(16-5-8-24-15(2)11-16)26-21-20(14)27-9-6-18(13-27)28(21)22(29)25-17-4-3-7-23-12-17;1-10-7-14(12-3-5-17-11(2)8-12)19-16-15(10)20-6-4-13(9-20)18-16;6-5-2-1-3-7-4-5;;/h3-5,7-8,10-12,18H,6,9,13H2,1-2H3,(H,25,29);3,5,7-8,13H,4,6,9H2,1-2H3,(H,18,19);1-4H,6H2;2*1H2/t18-;13-;;;/m00.../s1. The molecule has 6 aromatic rings. The highest BCUT2D eigenvalue weighted by Crippen LogP contribution is 2.43. The van der Waals surface area contributed by atoms with E-state index in [2.05, 4.69) is 72.4 Å². The first-order valence-electron chi connectivity index (χ1n) is 19.0. The molecule has 2 fully saturated rings. The number of nitrogen functional groups attached to an aromatic ring is 1. The maximum atomic E-state index is 13.2. The van der Waals surface area contributed by atoms with Crippen molar-refractivity contribution in [2.45, 2.75) is 52.6 Å². The molecule has 15 heteroatoms. The number of hydrogen-bond acceptors (Lipinski definition) is 11. The molecule has 4 N–H and O–H groups in total. The van der Waals surface area contributed by atoms with Crippen molar-refractivity contribution >= 4 is 67.4 Å². The quantitative estimate of drug-likeness (QED) is 0.163. The Labute approximate surface area is 353 Å². The Morgan fingerprint density at radius 2 is 1.36 bits per heavy atom. The summed E-state index contributed by atoms with van der Waals surface area (Å²) in [4.78, 5) is 46.1. The fourth-order valence-corrected chi connectivity index (χ4v) is 7.94. The highest BCUT2D eigenvalue weighted by atomic mass is 32.1. The Hall–Kier alpha value is -5.93. The van der Waals surface area contributed by atoms with Crippen molar-refractivity contribution in [3.05, 3.63) is 120 Å². The Balaban J connectivity index is 0.000000169. The van der Waals surface area contributed by atoms with E-state index in [1.807, 2.05) is 55.3 Å². The van der Waals surface area contributed by atoms with Gasteiger partial charge in [0, 0.05) is 85.7 Å². The van der Waals surface area contributed by atoms with Crippen LogP contribution >= 0.6 is 27.0 Å². The number of aryl methyl sites for hydroxylation is 4. The van der Waals surface area contributed by atoms with Crippen LogP contribution in [0, 0.1) is 27.7 Å². The number of anilines is 6. The zero-order valence-corrected chi connectivity index (χ0v) is 35.1. The maximum Gasteiger partial charge on any atom is 0.327 e. The Bertz CT molecular complexity index is 2370. The lowest BCUT2D eigenvalue weighted by molar-refractivity contribution is 0.255. The van der Waals surface area contributed by atoms with Crippen LogP contribution in [0.15, 0.2) is 97.8 Å². The van der Waals surface area contributed by atoms with Crippen molar-refractivity contribution in [1.29, 1.82) is 0 Å². The highest BCUT2D eigenvalue weighted by Gasteiger charge is 2.41. The van der Waals surface area contributed by atoms with Crippen molar-refractivity contribution in [2.24, 2.45) is 0 Å². The molecule has 13 nitrogen and oxygen atoms in total. The summed E-state index contributed by atoms with van der Waals surface area (Å²) < 4.78 is 0. The number of nitrogens with zero attached hydrogens (tertiary/aromatic N) is 9. The van der Waals surface area contributed by atoms with Crippen molar-refractivity contribution in [1.82, 2.24) is 29.9 Å². The minimum absolute atomic E-state index is 0. The summed E-state index contributed by atoms with van der Waals surface area (Å²) in [5, 5.41) is 6.56. The minimum atomic E-state index is -0.166. The van der Waals surface area contributed by atoms with Crippen molar-refractivity contribution in [2.75, 3.05) is 57.2 Å². The lowest BCUT2D eigenvalue weighted by Crippen LogP contribution is -2.48. The summed E-state index contributed by atoms with van der Waals surface area (Å²) in [5.74, 6) is 1.77. The molecule has 2 saturated heterocycles. The van der Waals surface area contributed by atoms with Gasteiger partial charge in [-0.3, -0.25) is 24.8 Å². The van der Waals surface area contributed by atoms with E-state index in [0.717, 1.165) is 89.4 Å². The molecule has 10 heterocycles. The summed E-state index contributed by atoms with van der Waals surface area (Å²) in [5.41, 5.74) is 17.4. The lowest BCUT2D eigenvalue weighted by Gasteiger charge is -2.37. The SMILES string of the molecule is Cc1cc(-c2cc(C)c3c(n2)N(C(=O)Nc2cccnc2)[C@H]2CCN3C2)ccn1.Cc1cc(-c2cc(C)c3c(n2)N[C@H]2CCN3C2)ccn1.Nc1cccnc1.S.S. The number of rotatable bonds is 3. The van der Waals surface area contributed by atoms with E-state index in [4.69, 9.17) is 15.7 Å².